The molecule has 2 amide bonds. The number of ether oxygens (including phenoxy) is 2. The zero-order valence-electron chi connectivity index (χ0n) is 17.9. The Kier molecular flexibility index (Phi) is 8.40. The molecule has 2 aliphatic heterocycles. The number of nitrogens with zero attached hydrogens (tertiary/aromatic N) is 2. The Balaban J connectivity index is 1.71. The molecule has 30 heavy (non-hydrogen) atoms. The molecule has 3 rings (SSSR count). The Hall–Kier alpha value is -1.79. The topological polar surface area (TPSA) is 59.1 Å². The Morgan fingerprint density at radius 2 is 1.83 bits per heavy atom. The van der Waals surface area contributed by atoms with E-state index >= 15 is 0 Å². The number of carbonyl (C=O) groups is 2. The highest BCUT2D eigenvalue weighted by atomic mass is 35.5. The second kappa shape index (κ2) is 11.0. The number of carbonyl (C=O) groups excluding carboxylic acids is 2. The van der Waals surface area contributed by atoms with Gasteiger partial charge >= 0.3 is 0 Å². The van der Waals surface area contributed by atoms with E-state index in [1.807, 2.05) is 21.9 Å². The zero-order chi connectivity index (χ0) is 21.4. The molecule has 7 heteroatoms. The van der Waals surface area contributed by atoms with E-state index in [0.717, 1.165) is 38.0 Å². The quantitative estimate of drug-likeness (QED) is 0.622. The summed E-state index contributed by atoms with van der Waals surface area (Å²) in [5.74, 6) is 1.04. The van der Waals surface area contributed by atoms with Crippen LogP contribution in [-0.4, -0.2) is 67.6 Å². The highest BCUT2D eigenvalue weighted by Gasteiger charge is 2.40. The van der Waals surface area contributed by atoms with Crippen LogP contribution in [-0.2, 0) is 14.3 Å². The second-order valence-corrected chi connectivity index (χ2v) is 8.87. The van der Waals surface area contributed by atoms with Crippen molar-refractivity contribution < 1.29 is 19.1 Å². The third-order valence-corrected chi connectivity index (χ3v) is 6.26. The number of amides is 2. The van der Waals surface area contributed by atoms with E-state index < -0.39 is 0 Å². The van der Waals surface area contributed by atoms with Gasteiger partial charge in [0.25, 0.3) is 0 Å². The standard InChI is InChI=1S/C23H33ClN2O4/c1-2-3-5-21(27)26-11-4-10-23(17-26,16-22(28)25-12-14-29-15-13-25)18-30-20-8-6-19(24)7-9-20/h6-9H,2-5,10-18H2,1H3. The molecule has 1 unspecified atom stereocenters. The third-order valence-electron chi connectivity index (χ3n) is 6.01. The number of piperidine rings is 1. The first-order valence-electron chi connectivity index (χ1n) is 11.0. The van der Waals surface area contributed by atoms with Gasteiger partial charge in [-0.25, -0.2) is 0 Å². The van der Waals surface area contributed by atoms with Crippen molar-refractivity contribution >= 4 is 23.4 Å². The molecule has 0 radical (unpaired) electrons. The summed E-state index contributed by atoms with van der Waals surface area (Å²) in [6.45, 7) is 6.26. The minimum absolute atomic E-state index is 0.126. The Morgan fingerprint density at radius 3 is 2.53 bits per heavy atom. The summed E-state index contributed by atoms with van der Waals surface area (Å²) in [4.78, 5) is 29.6. The van der Waals surface area contributed by atoms with Crippen molar-refractivity contribution in [2.75, 3.05) is 46.0 Å². The van der Waals surface area contributed by atoms with Gasteiger partial charge in [-0.05, 0) is 43.5 Å². The largest absolute Gasteiger partial charge is 0.493 e. The lowest BCUT2D eigenvalue weighted by atomic mass is 9.77. The lowest BCUT2D eigenvalue weighted by Gasteiger charge is -2.43. The van der Waals surface area contributed by atoms with Gasteiger partial charge in [0.05, 0.1) is 19.8 Å². The molecule has 166 valence electrons. The maximum atomic E-state index is 13.1. The van der Waals surface area contributed by atoms with E-state index in [9.17, 15) is 9.59 Å². The van der Waals surface area contributed by atoms with E-state index in [1.165, 1.54) is 0 Å². The summed E-state index contributed by atoms with van der Waals surface area (Å²) in [6.07, 6.45) is 4.61. The number of hydrogen-bond donors (Lipinski definition) is 0. The van der Waals surface area contributed by atoms with Crippen LogP contribution in [0.3, 0.4) is 0 Å². The maximum absolute atomic E-state index is 13.1. The summed E-state index contributed by atoms with van der Waals surface area (Å²) in [5.41, 5.74) is -0.380. The highest BCUT2D eigenvalue weighted by Crippen LogP contribution is 2.36. The van der Waals surface area contributed by atoms with E-state index in [0.29, 0.717) is 57.3 Å². The Morgan fingerprint density at radius 1 is 1.10 bits per heavy atom. The first-order chi connectivity index (χ1) is 14.5. The normalized spacial score (nSPS) is 22.1. The number of unbranched alkanes of at least 4 members (excludes halogenated alkanes) is 1. The first-order valence-corrected chi connectivity index (χ1v) is 11.4. The smallest absolute Gasteiger partial charge is 0.223 e. The summed E-state index contributed by atoms with van der Waals surface area (Å²) >= 11 is 5.98. The molecule has 1 aromatic rings. The number of halogens is 1. The first kappa shape index (κ1) is 22.9. The van der Waals surface area contributed by atoms with Crippen LogP contribution in [0.5, 0.6) is 5.75 Å². The van der Waals surface area contributed by atoms with Gasteiger partial charge in [0, 0.05) is 49.5 Å². The number of likely N-dealkylation sites (tertiary alicyclic amines) is 1. The minimum atomic E-state index is -0.380. The molecule has 2 heterocycles. The molecule has 2 aliphatic rings. The van der Waals surface area contributed by atoms with Gasteiger partial charge in [0.1, 0.15) is 5.75 Å². The molecule has 1 aromatic carbocycles. The molecular weight excluding hydrogens is 404 g/mol. The minimum Gasteiger partial charge on any atom is -0.493 e. The molecule has 0 saturated carbocycles. The van der Waals surface area contributed by atoms with Gasteiger partial charge in [-0.2, -0.15) is 0 Å². The van der Waals surface area contributed by atoms with Crippen molar-refractivity contribution in [2.45, 2.75) is 45.4 Å². The number of benzene rings is 1. The van der Waals surface area contributed by atoms with E-state index in [4.69, 9.17) is 21.1 Å². The number of rotatable bonds is 8. The van der Waals surface area contributed by atoms with Crippen molar-refractivity contribution in [3.05, 3.63) is 29.3 Å². The molecule has 0 spiro atoms. The van der Waals surface area contributed by atoms with Gasteiger partial charge in [0.15, 0.2) is 0 Å². The zero-order valence-corrected chi connectivity index (χ0v) is 18.7. The molecule has 0 aliphatic carbocycles. The van der Waals surface area contributed by atoms with Crippen molar-refractivity contribution in [1.29, 1.82) is 0 Å². The number of morpholine rings is 1. The fourth-order valence-electron chi connectivity index (χ4n) is 4.23. The van der Waals surface area contributed by atoms with Crippen LogP contribution in [0.1, 0.15) is 45.4 Å². The lowest BCUT2D eigenvalue weighted by molar-refractivity contribution is -0.143. The van der Waals surface area contributed by atoms with Crippen LogP contribution in [0.4, 0.5) is 0 Å². The van der Waals surface area contributed by atoms with Crippen LogP contribution >= 0.6 is 11.6 Å². The third kappa shape index (κ3) is 6.35. The summed E-state index contributed by atoms with van der Waals surface area (Å²) in [5, 5.41) is 0.657. The fourth-order valence-corrected chi connectivity index (χ4v) is 4.36. The SMILES string of the molecule is CCCCC(=O)N1CCCC(COc2ccc(Cl)cc2)(CC(=O)N2CCOCC2)C1. The van der Waals surface area contributed by atoms with Crippen LogP contribution < -0.4 is 4.74 Å². The van der Waals surface area contributed by atoms with Crippen molar-refractivity contribution in [1.82, 2.24) is 9.80 Å². The van der Waals surface area contributed by atoms with Gasteiger partial charge in [-0.1, -0.05) is 24.9 Å². The predicted octanol–water partition coefficient (Wildman–Crippen LogP) is 3.77. The molecule has 2 fully saturated rings. The molecular formula is C23H33ClN2O4. The van der Waals surface area contributed by atoms with Crippen LogP contribution in [0.25, 0.3) is 0 Å². The predicted molar refractivity (Wildman–Crippen MR) is 117 cm³/mol. The van der Waals surface area contributed by atoms with E-state index in [1.54, 1.807) is 12.1 Å². The highest BCUT2D eigenvalue weighted by molar-refractivity contribution is 6.30. The molecule has 0 N–H and O–H groups in total. The average molecular weight is 437 g/mol. The fraction of sp³-hybridized carbons (Fsp3) is 0.652. The molecule has 0 aromatic heterocycles. The summed E-state index contributed by atoms with van der Waals surface area (Å²) in [7, 11) is 0. The van der Waals surface area contributed by atoms with Crippen LogP contribution in [0.15, 0.2) is 24.3 Å². The molecule has 0 bridgehead atoms. The van der Waals surface area contributed by atoms with Crippen molar-refractivity contribution in [3.63, 3.8) is 0 Å². The summed E-state index contributed by atoms with van der Waals surface area (Å²) < 4.78 is 11.5. The summed E-state index contributed by atoms with van der Waals surface area (Å²) in [6, 6.07) is 7.27. The second-order valence-electron chi connectivity index (χ2n) is 8.43. The van der Waals surface area contributed by atoms with Gasteiger partial charge < -0.3 is 19.3 Å². The van der Waals surface area contributed by atoms with Gasteiger partial charge in [-0.3, -0.25) is 9.59 Å². The van der Waals surface area contributed by atoms with E-state index in [-0.39, 0.29) is 17.2 Å². The Labute approximate surface area is 184 Å². The van der Waals surface area contributed by atoms with Crippen LogP contribution in [0.2, 0.25) is 5.02 Å². The average Bonchev–Trinajstić information content (AvgIpc) is 2.78. The molecule has 1 atom stereocenters. The van der Waals surface area contributed by atoms with Crippen molar-refractivity contribution in [3.8, 4) is 5.75 Å². The van der Waals surface area contributed by atoms with Crippen LogP contribution in [0, 0.1) is 5.41 Å². The van der Waals surface area contributed by atoms with Gasteiger partial charge in [0.2, 0.25) is 11.8 Å². The van der Waals surface area contributed by atoms with E-state index in [2.05, 4.69) is 6.92 Å². The molecule has 2 saturated heterocycles. The maximum Gasteiger partial charge on any atom is 0.223 e. The monoisotopic (exact) mass is 436 g/mol. The Bertz CT molecular complexity index is 706. The molecule has 6 nitrogen and oxygen atoms in total. The van der Waals surface area contributed by atoms with Crippen molar-refractivity contribution in [2.24, 2.45) is 5.41 Å². The lowest BCUT2D eigenvalue weighted by Crippen LogP contribution is -2.52. The number of hydrogen-bond acceptors (Lipinski definition) is 4. The van der Waals surface area contributed by atoms with Gasteiger partial charge in [-0.15, -0.1) is 0 Å².